The third-order valence-corrected chi connectivity index (χ3v) is 5.07. The summed E-state index contributed by atoms with van der Waals surface area (Å²) in [5.74, 6) is 1.95. The first-order valence-corrected chi connectivity index (χ1v) is 9.65. The molecule has 0 bridgehead atoms. The fourth-order valence-electron chi connectivity index (χ4n) is 2.82. The van der Waals surface area contributed by atoms with Crippen LogP contribution < -0.4 is 4.90 Å². The van der Waals surface area contributed by atoms with Gasteiger partial charge < -0.3 is 9.64 Å². The van der Waals surface area contributed by atoms with Crippen molar-refractivity contribution in [3.63, 3.8) is 0 Å². The normalized spacial score (nSPS) is 14.8. The molecule has 2 aromatic rings. The number of nitro groups is 1. The average Bonchev–Trinajstić information content (AvgIpc) is 3.03. The maximum absolute atomic E-state index is 10.9. The molecule has 2 heterocycles. The van der Waals surface area contributed by atoms with Gasteiger partial charge in [0.15, 0.2) is 5.16 Å². The summed E-state index contributed by atoms with van der Waals surface area (Å²) < 4.78 is 7.58. The number of nitrogens with zero attached hydrogens (tertiary/aromatic N) is 5. The van der Waals surface area contributed by atoms with E-state index in [2.05, 4.69) is 33.5 Å². The maximum atomic E-state index is 10.9. The molecule has 0 amide bonds. The average molecular weight is 377 g/mol. The number of hydrogen-bond donors (Lipinski definition) is 0. The smallest absolute Gasteiger partial charge is 0.269 e. The van der Waals surface area contributed by atoms with Crippen molar-refractivity contribution in [2.45, 2.75) is 31.3 Å². The second-order valence-corrected chi connectivity index (χ2v) is 7.54. The lowest BCUT2D eigenvalue weighted by Crippen LogP contribution is -2.38. The van der Waals surface area contributed by atoms with E-state index in [1.54, 1.807) is 23.9 Å². The molecule has 1 aliphatic rings. The summed E-state index contributed by atoms with van der Waals surface area (Å²) in [6, 6.07) is 6.73. The van der Waals surface area contributed by atoms with Crippen molar-refractivity contribution in [3.05, 3.63) is 39.9 Å². The molecule has 1 fully saturated rings. The molecule has 0 radical (unpaired) electrons. The number of thioether (sulfide) groups is 1. The molecule has 0 spiro atoms. The predicted octanol–water partition coefficient (Wildman–Crippen LogP) is 2.97. The Morgan fingerprint density at radius 2 is 2.08 bits per heavy atom. The van der Waals surface area contributed by atoms with Gasteiger partial charge in [-0.05, 0) is 11.5 Å². The van der Waals surface area contributed by atoms with Gasteiger partial charge in [0.05, 0.1) is 18.1 Å². The van der Waals surface area contributed by atoms with Crippen molar-refractivity contribution in [2.75, 3.05) is 31.2 Å². The highest BCUT2D eigenvalue weighted by Gasteiger charge is 2.21. The first-order valence-electron chi connectivity index (χ1n) is 8.66. The standard InChI is InChI=1S/C17H23N5O3S/c1-13(2)11-21-16(20-6-8-25-9-7-20)18-19-17(21)26-12-14-4-3-5-15(10-14)22(23)24/h3-5,10,13H,6-9,11-12H2,1-2H3. The number of non-ortho nitro benzene ring substituents is 1. The lowest BCUT2D eigenvalue weighted by atomic mass is 10.2. The lowest BCUT2D eigenvalue weighted by Gasteiger charge is -2.28. The van der Waals surface area contributed by atoms with Crippen molar-refractivity contribution in [3.8, 4) is 0 Å². The highest BCUT2D eigenvalue weighted by atomic mass is 32.2. The number of aromatic nitrogens is 3. The molecule has 26 heavy (non-hydrogen) atoms. The molecule has 0 aliphatic carbocycles. The second kappa shape index (κ2) is 8.50. The summed E-state index contributed by atoms with van der Waals surface area (Å²) in [7, 11) is 0. The number of morpholine rings is 1. The zero-order valence-corrected chi connectivity index (χ0v) is 15.8. The van der Waals surface area contributed by atoms with Crippen LogP contribution in [0.2, 0.25) is 0 Å². The Morgan fingerprint density at radius 3 is 2.77 bits per heavy atom. The minimum atomic E-state index is -0.369. The molecule has 8 nitrogen and oxygen atoms in total. The Balaban J connectivity index is 1.77. The highest BCUT2D eigenvalue weighted by molar-refractivity contribution is 7.98. The number of nitro benzene ring substituents is 1. The molecule has 1 aliphatic heterocycles. The van der Waals surface area contributed by atoms with Crippen LogP contribution in [0.3, 0.4) is 0 Å². The molecule has 3 rings (SSSR count). The molecule has 1 saturated heterocycles. The van der Waals surface area contributed by atoms with Crippen molar-refractivity contribution in [1.29, 1.82) is 0 Å². The van der Waals surface area contributed by atoms with E-state index >= 15 is 0 Å². The van der Waals surface area contributed by atoms with E-state index < -0.39 is 0 Å². The van der Waals surface area contributed by atoms with Gasteiger partial charge in [-0.25, -0.2) is 0 Å². The van der Waals surface area contributed by atoms with Crippen molar-refractivity contribution >= 4 is 23.4 Å². The number of benzene rings is 1. The van der Waals surface area contributed by atoms with E-state index in [4.69, 9.17) is 4.74 Å². The molecular weight excluding hydrogens is 354 g/mol. The third kappa shape index (κ3) is 4.53. The molecule has 0 unspecified atom stereocenters. The van der Waals surface area contributed by atoms with Crippen LogP contribution >= 0.6 is 11.8 Å². The molecule has 1 aromatic carbocycles. The van der Waals surface area contributed by atoms with Gasteiger partial charge in [0, 0.05) is 37.5 Å². The third-order valence-electron chi connectivity index (χ3n) is 4.03. The van der Waals surface area contributed by atoms with Gasteiger partial charge in [-0.3, -0.25) is 14.7 Å². The van der Waals surface area contributed by atoms with Gasteiger partial charge in [0.25, 0.3) is 5.69 Å². The van der Waals surface area contributed by atoms with Crippen LogP contribution in [0.5, 0.6) is 0 Å². The Hall–Kier alpha value is -2.13. The van der Waals surface area contributed by atoms with Crippen LogP contribution in [0.4, 0.5) is 11.6 Å². The Labute approximate surface area is 156 Å². The number of ether oxygens (including phenoxy) is 1. The van der Waals surface area contributed by atoms with Crippen LogP contribution in [0.1, 0.15) is 19.4 Å². The zero-order chi connectivity index (χ0) is 18.5. The van der Waals surface area contributed by atoms with Crippen molar-refractivity contribution < 1.29 is 9.66 Å². The van der Waals surface area contributed by atoms with E-state index in [1.807, 2.05) is 6.07 Å². The largest absolute Gasteiger partial charge is 0.378 e. The summed E-state index contributed by atoms with van der Waals surface area (Å²) >= 11 is 1.56. The first-order chi connectivity index (χ1) is 12.5. The second-order valence-electron chi connectivity index (χ2n) is 6.60. The van der Waals surface area contributed by atoms with E-state index in [0.29, 0.717) is 24.9 Å². The maximum Gasteiger partial charge on any atom is 0.269 e. The molecular formula is C17H23N5O3S. The topological polar surface area (TPSA) is 86.3 Å². The van der Waals surface area contributed by atoms with Gasteiger partial charge in [-0.2, -0.15) is 0 Å². The highest BCUT2D eigenvalue weighted by Crippen LogP contribution is 2.27. The van der Waals surface area contributed by atoms with Gasteiger partial charge in [0.2, 0.25) is 5.95 Å². The van der Waals surface area contributed by atoms with Crippen LogP contribution in [0.15, 0.2) is 29.4 Å². The van der Waals surface area contributed by atoms with Crippen LogP contribution in [0, 0.1) is 16.0 Å². The number of hydrogen-bond acceptors (Lipinski definition) is 7. The lowest BCUT2D eigenvalue weighted by molar-refractivity contribution is -0.384. The van der Waals surface area contributed by atoms with Gasteiger partial charge >= 0.3 is 0 Å². The number of anilines is 1. The van der Waals surface area contributed by atoms with E-state index in [-0.39, 0.29) is 10.6 Å². The summed E-state index contributed by atoms with van der Waals surface area (Å²) in [6.45, 7) is 8.18. The van der Waals surface area contributed by atoms with Crippen LogP contribution in [-0.4, -0.2) is 46.0 Å². The molecule has 0 N–H and O–H groups in total. The molecule has 0 atom stereocenters. The SMILES string of the molecule is CC(C)Cn1c(SCc2cccc([N+](=O)[O-])c2)nnc1N1CCOCC1. The molecule has 1 aromatic heterocycles. The molecule has 140 valence electrons. The fraction of sp³-hybridized carbons (Fsp3) is 0.529. The minimum absolute atomic E-state index is 0.112. The summed E-state index contributed by atoms with van der Waals surface area (Å²) in [5.41, 5.74) is 1.01. The van der Waals surface area contributed by atoms with Crippen LogP contribution in [0.25, 0.3) is 0 Å². The Morgan fingerprint density at radius 1 is 1.31 bits per heavy atom. The van der Waals surface area contributed by atoms with Crippen LogP contribution in [-0.2, 0) is 17.0 Å². The molecule has 9 heteroatoms. The summed E-state index contributed by atoms with van der Waals surface area (Å²) in [5, 5.41) is 20.6. The Bertz CT molecular complexity index is 759. The monoisotopic (exact) mass is 377 g/mol. The summed E-state index contributed by atoms with van der Waals surface area (Å²) in [4.78, 5) is 12.8. The number of rotatable bonds is 7. The predicted molar refractivity (Wildman–Crippen MR) is 101 cm³/mol. The summed E-state index contributed by atoms with van der Waals surface area (Å²) in [6.07, 6.45) is 0. The first kappa shape index (κ1) is 18.7. The van der Waals surface area contributed by atoms with Crippen molar-refractivity contribution in [1.82, 2.24) is 14.8 Å². The van der Waals surface area contributed by atoms with E-state index in [1.165, 1.54) is 6.07 Å². The Kier molecular flexibility index (Phi) is 6.10. The van der Waals surface area contributed by atoms with Gasteiger partial charge in [0.1, 0.15) is 0 Å². The van der Waals surface area contributed by atoms with Gasteiger partial charge in [-0.1, -0.05) is 37.7 Å². The molecule has 0 saturated carbocycles. The van der Waals surface area contributed by atoms with E-state index in [0.717, 1.165) is 36.3 Å². The minimum Gasteiger partial charge on any atom is -0.378 e. The fourth-order valence-corrected chi connectivity index (χ4v) is 3.70. The quantitative estimate of drug-likeness (QED) is 0.416. The van der Waals surface area contributed by atoms with Crippen molar-refractivity contribution in [2.24, 2.45) is 5.92 Å². The van der Waals surface area contributed by atoms with Gasteiger partial charge in [-0.15, -0.1) is 10.2 Å². The zero-order valence-electron chi connectivity index (χ0n) is 15.0. The van der Waals surface area contributed by atoms with E-state index in [9.17, 15) is 10.1 Å².